The first-order chi connectivity index (χ1) is 17.1. The average molecular weight is 463 g/mol. The van der Waals surface area contributed by atoms with Gasteiger partial charge in [-0.15, -0.1) is 0 Å². The predicted molar refractivity (Wildman–Crippen MR) is 131 cm³/mol. The molecule has 1 N–H and O–H groups in total. The smallest absolute Gasteiger partial charge is 0.295 e. The fourth-order valence-corrected chi connectivity index (χ4v) is 4.21. The van der Waals surface area contributed by atoms with Crippen molar-refractivity contribution in [2.45, 2.75) is 12.6 Å². The number of rotatable bonds is 6. The minimum absolute atomic E-state index is 0.0361. The summed E-state index contributed by atoms with van der Waals surface area (Å²) >= 11 is 0. The molecule has 1 fully saturated rings. The molecule has 4 aromatic rings. The van der Waals surface area contributed by atoms with Crippen molar-refractivity contribution in [2.75, 3.05) is 0 Å². The van der Waals surface area contributed by atoms with Crippen LogP contribution in [0.2, 0.25) is 0 Å². The lowest BCUT2D eigenvalue weighted by Crippen LogP contribution is -2.29. The Bertz CT molecular complexity index is 1390. The van der Waals surface area contributed by atoms with Gasteiger partial charge >= 0.3 is 0 Å². The number of aromatic nitrogens is 1. The molecule has 6 nitrogen and oxygen atoms in total. The zero-order valence-electron chi connectivity index (χ0n) is 18.7. The Labute approximate surface area is 202 Å². The van der Waals surface area contributed by atoms with Gasteiger partial charge < -0.3 is 14.7 Å². The van der Waals surface area contributed by atoms with Gasteiger partial charge in [-0.05, 0) is 47.5 Å². The maximum Gasteiger partial charge on any atom is 0.295 e. The number of hydrogen-bond donors (Lipinski definition) is 1. The van der Waals surface area contributed by atoms with Gasteiger partial charge in [0.1, 0.15) is 17.3 Å². The highest BCUT2D eigenvalue weighted by Crippen LogP contribution is 2.41. The molecule has 0 bridgehead atoms. The summed E-state index contributed by atoms with van der Waals surface area (Å²) in [7, 11) is 0. The monoisotopic (exact) mass is 462 g/mol. The molecule has 2 heterocycles. The Balaban J connectivity index is 1.61. The van der Waals surface area contributed by atoms with Crippen molar-refractivity contribution in [1.82, 2.24) is 9.88 Å². The van der Waals surface area contributed by atoms with Crippen LogP contribution in [0, 0.1) is 0 Å². The van der Waals surface area contributed by atoms with E-state index < -0.39 is 17.7 Å². The van der Waals surface area contributed by atoms with Crippen LogP contribution >= 0.6 is 0 Å². The van der Waals surface area contributed by atoms with Crippen LogP contribution < -0.4 is 4.74 Å². The van der Waals surface area contributed by atoms with E-state index in [2.05, 4.69) is 4.98 Å². The highest BCUT2D eigenvalue weighted by molar-refractivity contribution is 6.46. The highest BCUT2D eigenvalue weighted by atomic mass is 16.5. The number of amides is 1. The Morgan fingerprint density at radius 1 is 0.829 bits per heavy atom. The lowest BCUT2D eigenvalue weighted by molar-refractivity contribution is -0.140. The molecule has 1 saturated heterocycles. The minimum atomic E-state index is -0.789. The number of Topliss-reactive ketones (excluding diaryl/α,β-unsaturated/α-hetero) is 1. The van der Waals surface area contributed by atoms with Crippen molar-refractivity contribution < 1.29 is 19.4 Å². The highest BCUT2D eigenvalue weighted by Gasteiger charge is 2.46. The molecule has 6 heteroatoms. The van der Waals surface area contributed by atoms with Crippen molar-refractivity contribution >= 4 is 17.4 Å². The zero-order valence-corrected chi connectivity index (χ0v) is 18.7. The first-order valence-corrected chi connectivity index (χ1v) is 11.2. The van der Waals surface area contributed by atoms with E-state index in [0.717, 1.165) is 5.56 Å². The SMILES string of the molecule is O=C1C(=O)N(Cc2ccccc2)C(c2cccc(Oc3ccccc3)c2)/C1=C(\O)c1ccncc1. The van der Waals surface area contributed by atoms with Crippen LogP contribution in [0.15, 0.2) is 115 Å². The Morgan fingerprint density at radius 3 is 2.20 bits per heavy atom. The van der Waals surface area contributed by atoms with Crippen molar-refractivity contribution in [3.05, 3.63) is 132 Å². The summed E-state index contributed by atoms with van der Waals surface area (Å²) in [5.74, 6) is -0.401. The maximum atomic E-state index is 13.2. The standard InChI is InChI=1S/C29H22N2O4/c32-27(21-14-16-30-17-15-21)25-26(31(29(34)28(25)33)19-20-8-3-1-4-9-20)22-10-7-13-24(18-22)35-23-11-5-2-6-12-23/h1-18,26,32H,19H2/b27-25+. The van der Waals surface area contributed by atoms with E-state index in [0.29, 0.717) is 22.6 Å². The lowest BCUT2D eigenvalue weighted by Gasteiger charge is -2.26. The van der Waals surface area contributed by atoms with Crippen molar-refractivity contribution in [1.29, 1.82) is 0 Å². The molecule has 3 aromatic carbocycles. The number of ketones is 1. The summed E-state index contributed by atoms with van der Waals surface area (Å²) in [5, 5.41) is 11.1. The summed E-state index contributed by atoms with van der Waals surface area (Å²) in [6.07, 6.45) is 3.05. The van der Waals surface area contributed by atoms with Gasteiger partial charge in [-0.1, -0.05) is 60.7 Å². The van der Waals surface area contributed by atoms with Gasteiger partial charge in [-0.25, -0.2) is 0 Å². The fraction of sp³-hybridized carbons (Fsp3) is 0.0690. The second kappa shape index (κ2) is 9.65. The first kappa shape index (κ1) is 22.1. The number of carbonyl (C=O) groups excluding carboxylic acids is 2. The van der Waals surface area contributed by atoms with E-state index in [1.807, 2.05) is 78.9 Å². The second-order valence-electron chi connectivity index (χ2n) is 8.14. The molecule has 1 amide bonds. The molecule has 0 saturated carbocycles. The van der Waals surface area contributed by atoms with Crippen molar-refractivity contribution in [2.24, 2.45) is 0 Å². The van der Waals surface area contributed by atoms with Crippen LogP contribution in [0.5, 0.6) is 11.5 Å². The number of nitrogens with zero attached hydrogens (tertiary/aromatic N) is 2. The third-order valence-corrected chi connectivity index (χ3v) is 5.84. The Kier molecular flexibility index (Phi) is 6.09. The third-order valence-electron chi connectivity index (χ3n) is 5.84. The average Bonchev–Trinajstić information content (AvgIpc) is 3.15. The summed E-state index contributed by atoms with van der Waals surface area (Å²) in [6, 6.07) is 28.4. The number of pyridine rings is 1. The molecule has 1 atom stereocenters. The van der Waals surface area contributed by atoms with E-state index in [4.69, 9.17) is 4.74 Å². The van der Waals surface area contributed by atoms with Crippen LogP contribution in [0.4, 0.5) is 0 Å². The van der Waals surface area contributed by atoms with E-state index >= 15 is 0 Å². The molecule has 1 aliphatic heterocycles. The molecule has 0 aliphatic carbocycles. The number of carbonyl (C=O) groups is 2. The summed E-state index contributed by atoms with van der Waals surface area (Å²) in [4.78, 5) is 31.9. The van der Waals surface area contributed by atoms with Crippen LogP contribution in [0.3, 0.4) is 0 Å². The quantitative estimate of drug-likeness (QED) is 0.233. The Morgan fingerprint density at radius 2 is 1.49 bits per heavy atom. The number of benzene rings is 3. The number of aliphatic hydroxyl groups excluding tert-OH is 1. The van der Waals surface area contributed by atoms with Gasteiger partial charge in [0, 0.05) is 24.5 Å². The topological polar surface area (TPSA) is 79.7 Å². The van der Waals surface area contributed by atoms with Crippen molar-refractivity contribution in [3.8, 4) is 11.5 Å². The largest absolute Gasteiger partial charge is 0.507 e. The van der Waals surface area contributed by atoms with Gasteiger partial charge in [0.15, 0.2) is 0 Å². The van der Waals surface area contributed by atoms with Crippen LogP contribution in [-0.2, 0) is 16.1 Å². The molecule has 5 rings (SSSR count). The molecule has 1 unspecified atom stereocenters. The minimum Gasteiger partial charge on any atom is -0.507 e. The second-order valence-corrected chi connectivity index (χ2v) is 8.14. The molecule has 172 valence electrons. The molecule has 0 radical (unpaired) electrons. The Hall–Kier alpha value is -4.71. The summed E-state index contributed by atoms with van der Waals surface area (Å²) in [5.41, 5.74) is 1.98. The molecule has 35 heavy (non-hydrogen) atoms. The van der Waals surface area contributed by atoms with Gasteiger partial charge in [-0.3, -0.25) is 14.6 Å². The van der Waals surface area contributed by atoms with Gasteiger partial charge in [-0.2, -0.15) is 0 Å². The van der Waals surface area contributed by atoms with Crippen molar-refractivity contribution in [3.63, 3.8) is 0 Å². The number of ether oxygens (including phenoxy) is 1. The molecule has 1 aliphatic rings. The predicted octanol–water partition coefficient (Wildman–Crippen LogP) is 5.50. The van der Waals surface area contributed by atoms with Crippen LogP contribution in [0.1, 0.15) is 22.7 Å². The maximum absolute atomic E-state index is 13.2. The molecular formula is C29H22N2O4. The van der Waals surface area contributed by atoms with Gasteiger partial charge in [0.05, 0.1) is 11.6 Å². The van der Waals surface area contributed by atoms with Gasteiger partial charge in [0.2, 0.25) is 0 Å². The summed E-state index contributed by atoms with van der Waals surface area (Å²) in [6.45, 7) is 0.215. The molecular weight excluding hydrogens is 440 g/mol. The van der Waals surface area contributed by atoms with Gasteiger partial charge in [0.25, 0.3) is 11.7 Å². The molecule has 1 aromatic heterocycles. The number of aliphatic hydroxyl groups is 1. The lowest BCUT2D eigenvalue weighted by atomic mass is 9.95. The van der Waals surface area contributed by atoms with Crippen LogP contribution in [0.25, 0.3) is 5.76 Å². The van der Waals surface area contributed by atoms with E-state index in [1.165, 1.54) is 17.3 Å². The van der Waals surface area contributed by atoms with E-state index in [9.17, 15) is 14.7 Å². The first-order valence-electron chi connectivity index (χ1n) is 11.2. The normalized spacial score (nSPS) is 16.9. The van der Waals surface area contributed by atoms with E-state index in [1.54, 1.807) is 18.2 Å². The zero-order chi connectivity index (χ0) is 24.2. The number of likely N-dealkylation sites (tertiary alicyclic amines) is 1. The van der Waals surface area contributed by atoms with Crippen LogP contribution in [-0.4, -0.2) is 26.7 Å². The fourth-order valence-electron chi connectivity index (χ4n) is 4.21. The number of hydrogen-bond acceptors (Lipinski definition) is 5. The number of para-hydroxylation sites is 1. The van der Waals surface area contributed by atoms with E-state index in [-0.39, 0.29) is 17.9 Å². The molecule has 0 spiro atoms. The third kappa shape index (κ3) is 4.54. The summed E-state index contributed by atoms with van der Waals surface area (Å²) < 4.78 is 5.99.